The summed E-state index contributed by atoms with van der Waals surface area (Å²) >= 11 is 0. The Kier molecular flexibility index (Phi) is 4.28. The van der Waals surface area contributed by atoms with Gasteiger partial charge in [-0.15, -0.1) is 0 Å². The van der Waals surface area contributed by atoms with E-state index >= 15 is 0 Å². The molecule has 18 heavy (non-hydrogen) atoms. The van der Waals surface area contributed by atoms with E-state index < -0.39 is 0 Å². The maximum absolute atomic E-state index is 6.18. The summed E-state index contributed by atoms with van der Waals surface area (Å²) in [5, 5.41) is 0. The SMILES string of the molecule is CCC(C)c1ccc(N(C)C2CCCC2N)cc1. The first-order valence-corrected chi connectivity index (χ1v) is 7.21. The van der Waals surface area contributed by atoms with Crippen LogP contribution in [0.4, 0.5) is 5.69 Å². The topological polar surface area (TPSA) is 29.3 Å². The maximum Gasteiger partial charge on any atom is 0.0437 e. The van der Waals surface area contributed by atoms with Gasteiger partial charge in [0.1, 0.15) is 0 Å². The molecule has 1 aromatic carbocycles. The van der Waals surface area contributed by atoms with Crippen LogP contribution in [0.1, 0.15) is 51.0 Å². The van der Waals surface area contributed by atoms with Crippen molar-refractivity contribution in [3.05, 3.63) is 29.8 Å². The van der Waals surface area contributed by atoms with Crippen molar-refractivity contribution in [3.8, 4) is 0 Å². The maximum atomic E-state index is 6.18. The molecule has 0 radical (unpaired) electrons. The number of anilines is 1. The van der Waals surface area contributed by atoms with Crippen molar-refractivity contribution >= 4 is 5.69 Å². The van der Waals surface area contributed by atoms with Crippen LogP contribution in [0.3, 0.4) is 0 Å². The van der Waals surface area contributed by atoms with Crippen LogP contribution in [0.5, 0.6) is 0 Å². The van der Waals surface area contributed by atoms with Crippen molar-refractivity contribution in [2.24, 2.45) is 5.73 Å². The number of likely N-dealkylation sites (N-methyl/N-ethyl adjacent to an activating group) is 1. The highest BCUT2D eigenvalue weighted by Gasteiger charge is 2.27. The zero-order valence-corrected chi connectivity index (χ0v) is 11.9. The number of nitrogens with zero attached hydrogens (tertiary/aromatic N) is 1. The molecule has 0 bridgehead atoms. The van der Waals surface area contributed by atoms with Gasteiger partial charge in [-0.05, 0) is 49.3 Å². The molecule has 2 rings (SSSR count). The fraction of sp³-hybridized carbons (Fsp3) is 0.625. The first-order valence-electron chi connectivity index (χ1n) is 7.21. The van der Waals surface area contributed by atoms with Crippen LogP contribution in [-0.2, 0) is 0 Å². The Labute approximate surface area is 111 Å². The van der Waals surface area contributed by atoms with Gasteiger partial charge in [-0.3, -0.25) is 0 Å². The van der Waals surface area contributed by atoms with Crippen molar-refractivity contribution in [2.75, 3.05) is 11.9 Å². The number of rotatable bonds is 4. The highest BCUT2D eigenvalue weighted by atomic mass is 15.2. The summed E-state index contributed by atoms with van der Waals surface area (Å²) in [7, 11) is 2.17. The van der Waals surface area contributed by atoms with Crippen molar-refractivity contribution < 1.29 is 0 Å². The zero-order chi connectivity index (χ0) is 13.1. The van der Waals surface area contributed by atoms with Crippen LogP contribution >= 0.6 is 0 Å². The van der Waals surface area contributed by atoms with Gasteiger partial charge in [0, 0.05) is 24.8 Å². The van der Waals surface area contributed by atoms with Crippen molar-refractivity contribution in [1.29, 1.82) is 0 Å². The van der Waals surface area contributed by atoms with E-state index in [-0.39, 0.29) is 0 Å². The molecule has 1 aliphatic carbocycles. The summed E-state index contributed by atoms with van der Waals surface area (Å²) in [4.78, 5) is 2.36. The van der Waals surface area contributed by atoms with Crippen LogP contribution in [0.2, 0.25) is 0 Å². The van der Waals surface area contributed by atoms with E-state index in [0.29, 0.717) is 18.0 Å². The molecule has 3 unspecified atom stereocenters. The normalized spacial score (nSPS) is 25.1. The minimum Gasteiger partial charge on any atom is -0.370 e. The lowest BCUT2D eigenvalue weighted by Gasteiger charge is -2.30. The Bertz CT molecular complexity index is 371. The van der Waals surface area contributed by atoms with Gasteiger partial charge in [-0.2, -0.15) is 0 Å². The van der Waals surface area contributed by atoms with E-state index in [9.17, 15) is 0 Å². The molecule has 0 aliphatic heterocycles. The van der Waals surface area contributed by atoms with Gasteiger partial charge >= 0.3 is 0 Å². The Morgan fingerprint density at radius 1 is 1.28 bits per heavy atom. The molecule has 3 atom stereocenters. The highest BCUT2D eigenvalue weighted by Crippen LogP contribution is 2.28. The van der Waals surface area contributed by atoms with E-state index in [4.69, 9.17) is 5.73 Å². The Balaban J connectivity index is 2.09. The second-order valence-electron chi connectivity index (χ2n) is 5.67. The Hall–Kier alpha value is -1.02. The summed E-state index contributed by atoms with van der Waals surface area (Å²) in [6.07, 6.45) is 4.86. The molecule has 2 nitrogen and oxygen atoms in total. The van der Waals surface area contributed by atoms with Crippen molar-refractivity contribution in [2.45, 2.75) is 57.5 Å². The van der Waals surface area contributed by atoms with Crippen molar-refractivity contribution in [3.63, 3.8) is 0 Å². The molecule has 2 N–H and O–H groups in total. The first kappa shape index (κ1) is 13.4. The second-order valence-corrected chi connectivity index (χ2v) is 5.67. The molecule has 1 aromatic rings. The van der Waals surface area contributed by atoms with Gasteiger partial charge in [0.25, 0.3) is 0 Å². The smallest absolute Gasteiger partial charge is 0.0437 e. The van der Waals surface area contributed by atoms with E-state index in [0.717, 1.165) is 0 Å². The number of benzene rings is 1. The molecule has 100 valence electrons. The lowest BCUT2D eigenvalue weighted by Crippen LogP contribution is -2.42. The van der Waals surface area contributed by atoms with Crippen LogP contribution < -0.4 is 10.6 Å². The first-order chi connectivity index (χ1) is 8.63. The van der Waals surface area contributed by atoms with E-state index in [1.54, 1.807) is 0 Å². The van der Waals surface area contributed by atoms with Gasteiger partial charge in [0.15, 0.2) is 0 Å². The number of hydrogen-bond acceptors (Lipinski definition) is 2. The largest absolute Gasteiger partial charge is 0.370 e. The molecule has 0 heterocycles. The standard InChI is InChI=1S/C16H26N2/c1-4-12(2)13-8-10-14(11-9-13)18(3)16-7-5-6-15(16)17/h8-12,15-16H,4-7,17H2,1-3H3. The van der Waals surface area contributed by atoms with E-state index in [1.807, 2.05) is 0 Å². The zero-order valence-electron chi connectivity index (χ0n) is 11.9. The molecule has 1 saturated carbocycles. The monoisotopic (exact) mass is 246 g/mol. The quantitative estimate of drug-likeness (QED) is 0.881. The van der Waals surface area contributed by atoms with Gasteiger partial charge < -0.3 is 10.6 Å². The van der Waals surface area contributed by atoms with Gasteiger partial charge in [-0.1, -0.05) is 26.0 Å². The molecule has 1 aliphatic rings. The van der Waals surface area contributed by atoms with Crippen LogP contribution in [-0.4, -0.2) is 19.1 Å². The third kappa shape index (κ3) is 2.69. The van der Waals surface area contributed by atoms with E-state index in [2.05, 4.69) is 50.1 Å². The molecule has 1 fully saturated rings. The summed E-state index contributed by atoms with van der Waals surface area (Å²) in [6.45, 7) is 4.52. The third-order valence-corrected chi connectivity index (χ3v) is 4.51. The van der Waals surface area contributed by atoms with Crippen LogP contribution in [0, 0.1) is 0 Å². The second kappa shape index (κ2) is 5.75. The predicted octanol–water partition coefficient (Wildman–Crippen LogP) is 3.52. The Morgan fingerprint density at radius 3 is 2.44 bits per heavy atom. The van der Waals surface area contributed by atoms with Gasteiger partial charge in [0.05, 0.1) is 0 Å². The molecule has 0 saturated heterocycles. The highest BCUT2D eigenvalue weighted by molar-refractivity contribution is 5.48. The lowest BCUT2D eigenvalue weighted by atomic mass is 9.98. The molecular weight excluding hydrogens is 220 g/mol. The predicted molar refractivity (Wildman–Crippen MR) is 79.2 cm³/mol. The van der Waals surface area contributed by atoms with Gasteiger partial charge in [-0.25, -0.2) is 0 Å². The minimum absolute atomic E-state index is 0.337. The molecule has 0 amide bonds. The summed E-state index contributed by atoms with van der Waals surface area (Å²) in [5.41, 5.74) is 8.91. The summed E-state index contributed by atoms with van der Waals surface area (Å²) in [5.74, 6) is 0.651. The number of hydrogen-bond donors (Lipinski definition) is 1. The van der Waals surface area contributed by atoms with Crippen LogP contribution in [0.15, 0.2) is 24.3 Å². The average molecular weight is 246 g/mol. The molecule has 0 spiro atoms. The molecular formula is C16H26N2. The Morgan fingerprint density at radius 2 is 1.94 bits per heavy atom. The fourth-order valence-corrected chi connectivity index (χ4v) is 2.92. The fourth-order valence-electron chi connectivity index (χ4n) is 2.92. The average Bonchev–Trinajstić information content (AvgIpc) is 2.83. The number of nitrogens with two attached hydrogens (primary N) is 1. The van der Waals surface area contributed by atoms with Crippen molar-refractivity contribution in [1.82, 2.24) is 0 Å². The molecule has 0 aromatic heterocycles. The third-order valence-electron chi connectivity index (χ3n) is 4.51. The van der Waals surface area contributed by atoms with Gasteiger partial charge in [0.2, 0.25) is 0 Å². The van der Waals surface area contributed by atoms with E-state index in [1.165, 1.54) is 36.9 Å². The lowest BCUT2D eigenvalue weighted by molar-refractivity contribution is 0.572. The van der Waals surface area contributed by atoms with Crippen LogP contribution in [0.25, 0.3) is 0 Å². The summed E-state index contributed by atoms with van der Waals surface area (Å²) < 4.78 is 0. The minimum atomic E-state index is 0.337. The molecule has 2 heteroatoms. The summed E-state index contributed by atoms with van der Waals surface area (Å²) in [6, 6.07) is 9.86.